The van der Waals surface area contributed by atoms with Crippen LogP contribution >= 0.6 is 0 Å². The highest BCUT2D eigenvalue weighted by atomic mass is 16.4. The summed E-state index contributed by atoms with van der Waals surface area (Å²) in [6, 6.07) is 2.76. The number of aliphatic hydroxyl groups is 1. The summed E-state index contributed by atoms with van der Waals surface area (Å²) in [6.45, 7) is 3.26. The third-order valence-corrected chi connectivity index (χ3v) is 3.20. The zero-order chi connectivity index (χ0) is 15.1. The number of aromatic nitrogens is 1. The summed E-state index contributed by atoms with van der Waals surface area (Å²) in [7, 11) is 0. The number of nitrogens with zero attached hydrogens (tertiary/aromatic N) is 2. The molecule has 0 bridgehead atoms. The Morgan fingerprint density at radius 2 is 1.95 bits per heavy atom. The number of aliphatic hydroxyl groups excluding tert-OH is 1. The minimum absolute atomic E-state index is 0.0650. The zero-order valence-corrected chi connectivity index (χ0v) is 11.7. The lowest BCUT2D eigenvalue weighted by Gasteiger charge is -2.31. The molecule has 0 aliphatic carbocycles. The number of rotatable bonds is 7. The Morgan fingerprint density at radius 1 is 1.35 bits per heavy atom. The molecular formula is C14H20N2O4. The molecule has 0 fully saturated rings. The number of pyridine rings is 1. The van der Waals surface area contributed by atoms with Crippen molar-refractivity contribution in [2.24, 2.45) is 5.92 Å². The lowest BCUT2D eigenvalue weighted by molar-refractivity contribution is -0.141. The standard InChI is InChI=1S/C14H20N2O4/c1-3-12(9-17)16(8-10(2)14(19)20)13(18)11-4-6-15-7-5-11/h4-7,10,12,17H,3,8-9H2,1-2H3,(H,19,20). The molecule has 110 valence electrons. The van der Waals surface area contributed by atoms with Crippen molar-refractivity contribution in [3.05, 3.63) is 30.1 Å². The molecule has 0 aliphatic heterocycles. The minimum Gasteiger partial charge on any atom is -0.481 e. The van der Waals surface area contributed by atoms with Crippen LogP contribution in [0.3, 0.4) is 0 Å². The van der Waals surface area contributed by atoms with Crippen LogP contribution in [0.2, 0.25) is 0 Å². The van der Waals surface area contributed by atoms with Crippen LogP contribution in [0.4, 0.5) is 0 Å². The topological polar surface area (TPSA) is 90.7 Å². The SMILES string of the molecule is CCC(CO)N(CC(C)C(=O)O)C(=O)c1ccncc1. The Morgan fingerprint density at radius 3 is 2.40 bits per heavy atom. The van der Waals surface area contributed by atoms with Crippen molar-refractivity contribution in [2.45, 2.75) is 26.3 Å². The summed E-state index contributed by atoms with van der Waals surface area (Å²) >= 11 is 0. The van der Waals surface area contributed by atoms with E-state index in [0.29, 0.717) is 12.0 Å². The second-order valence-corrected chi connectivity index (χ2v) is 4.68. The number of amides is 1. The maximum atomic E-state index is 12.5. The molecule has 0 radical (unpaired) electrons. The minimum atomic E-state index is -0.967. The zero-order valence-electron chi connectivity index (χ0n) is 11.7. The summed E-state index contributed by atoms with van der Waals surface area (Å²) in [6.07, 6.45) is 3.57. The van der Waals surface area contributed by atoms with Gasteiger partial charge in [-0.15, -0.1) is 0 Å². The molecule has 0 aromatic carbocycles. The van der Waals surface area contributed by atoms with Gasteiger partial charge < -0.3 is 15.1 Å². The Hall–Kier alpha value is -1.95. The smallest absolute Gasteiger partial charge is 0.308 e. The van der Waals surface area contributed by atoms with E-state index in [9.17, 15) is 14.7 Å². The normalized spacial score (nSPS) is 13.6. The van der Waals surface area contributed by atoms with Gasteiger partial charge in [0.1, 0.15) is 0 Å². The largest absolute Gasteiger partial charge is 0.481 e. The van der Waals surface area contributed by atoms with E-state index in [2.05, 4.69) is 4.98 Å². The molecular weight excluding hydrogens is 260 g/mol. The molecule has 1 rings (SSSR count). The highest BCUT2D eigenvalue weighted by Gasteiger charge is 2.26. The molecule has 1 amide bonds. The van der Waals surface area contributed by atoms with E-state index in [1.807, 2.05) is 6.92 Å². The Labute approximate surface area is 118 Å². The summed E-state index contributed by atoms with van der Waals surface area (Å²) in [4.78, 5) is 28.7. The lowest BCUT2D eigenvalue weighted by atomic mass is 10.1. The molecule has 2 unspecified atom stereocenters. The molecule has 0 saturated carbocycles. The van der Waals surface area contributed by atoms with Gasteiger partial charge in [0.25, 0.3) is 5.91 Å². The predicted octanol–water partition coefficient (Wildman–Crippen LogP) is 1.02. The van der Waals surface area contributed by atoms with Crippen LogP contribution in [0.15, 0.2) is 24.5 Å². The molecule has 0 saturated heterocycles. The van der Waals surface area contributed by atoms with E-state index < -0.39 is 17.9 Å². The average molecular weight is 280 g/mol. The van der Waals surface area contributed by atoms with Crippen LogP contribution in [-0.4, -0.2) is 51.2 Å². The molecule has 1 aromatic heterocycles. The molecule has 1 heterocycles. The molecule has 6 heteroatoms. The number of hydrogen-bond donors (Lipinski definition) is 2. The fourth-order valence-corrected chi connectivity index (χ4v) is 1.88. The van der Waals surface area contributed by atoms with E-state index in [1.165, 1.54) is 17.3 Å². The van der Waals surface area contributed by atoms with E-state index in [0.717, 1.165) is 0 Å². The fraction of sp³-hybridized carbons (Fsp3) is 0.500. The van der Waals surface area contributed by atoms with Crippen molar-refractivity contribution in [3.8, 4) is 0 Å². The summed E-state index contributed by atoms with van der Waals surface area (Å²) in [5.41, 5.74) is 0.435. The van der Waals surface area contributed by atoms with Gasteiger partial charge in [0.15, 0.2) is 0 Å². The number of carboxylic acids is 1. The van der Waals surface area contributed by atoms with E-state index in [1.54, 1.807) is 19.1 Å². The Bertz CT molecular complexity index is 446. The second-order valence-electron chi connectivity index (χ2n) is 4.68. The Kier molecular flexibility index (Phi) is 6.11. The molecule has 1 aromatic rings. The second kappa shape index (κ2) is 7.59. The van der Waals surface area contributed by atoms with Gasteiger partial charge in [0.2, 0.25) is 0 Å². The van der Waals surface area contributed by atoms with Crippen molar-refractivity contribution in [2.75, 3.05) is 13.2 Å². The van der Waals surface area contributed by atoms with Crippen LogP contribution in [-0.2, 0) is 4.79 Å². The van der Waals surface area contributed by atoms with Gasteiger partial charge in [-0.05, 0) is 18.6 Å². The van der Waals surface area contributed by atoms with E-state index >= 15 is 0 Å². The quantitative estimate of drug-likeness (QED) is 0.778. The van der Waals surface area contributed by atoms with Crippen LogP contribution in [0.25, 0.3) is 0 Å². The summed E-state index contributed by atoms with van der Waals surface area (Å²) in [5.74, 6) is -1.95. The van der Waals surface area contributed by atoms with Crippen LogP contribution in [0, 0.1) is 5.92 Å². The van der Waals surface area contributed by atoms with E-state index in [-0.39, 0.29) is 19.1 Å². The number of carbonyl (C=O) groups is 2. The van der Waals surface area contributed by atoms with Gasteiger partial charge in [-0.3, -0.25) is 14.6 Å². The molecule has 6 nitrogen and oxygen atoms in total. The molecule has 2 atom stereocenters. The highest BCUT2D eigenvalue weighted by Crippen LogP contribution is 2.13. The van der Waals surface area contributed by atoms with Crippen molar-refractivity contribution in [1.29, 1.82) is 0 Å². The number of hydrogen-bond acceptors (Lipinski definition) is 4. The average Bonchev–Trinajstić information content (AvgIpc) is 2.47. The van der Waals surface area contributed by atoms with Gasteiger partial charge in [0.05, 0.1) is 18.6 Å². The number of carbonyl (C=O) groups excluding carboxylic acids is 1. The van der Waals surface area contributed by atoms with Gasteiger partial charge in [-0.1, -0.05) is 13.8 Å². The van der Waals surface area contributed by atoms with Crippen molar-refractivity contribution in [3.63, 3.8) is 0 Å². The van der Waals surface area contributed by atoms with Gasteiger partial charge in [0, 0.05) is 24.5 Å². The summed E-state index contributed by atoms with van der Waals surface area (Å²) < 4.78 is 0. The summed E-state index contributed by atoms with van der Waals surface area (Å²) in [5, 5.41) is 18.4. The number of carboxylic acid groups (broad SMARTS) is 1. The van der Waals surface area contributed by atoms with E-state index in [4.69, 9.17) is 5.11 Å². The third kappa shape index (κ3) is 4.03. The molecule has 20 heavy (non-hydrogen) atoms. The predicted molar refractivity (Wildman–Crippen MR) is 73.2 cm³/mol. The van der Waals surface area contributed by atoms with Crippen molar-refractivity contribution >= 4 is 11.9 Å². The number of aliphatic carboxylic acids is 1. The monoisotopic (exact) mass is 280 g/mol. The highest BCUT2D eigenvalue weighted by molar-refractivity contribution is 5.94. The van der Waals surface area contributed by atoms with Crippen LogP contribution in [0.1, 0.15) is 30.6 Å². The van der Waals surface area contributed by atoms with Crippen molar-refractivity contribution in [1.82, 2.24) is 9.88 Å². The first kappa shape index (κ1) is 16.1. The van der Waals surface area contributed by atoms with Crippen LogP contribution in [0.5, 0.6) is 0 Å². The maximum Gasteiger partial charge on any atom is 0.308 e. The van der Waals surface area contributed by atoms with Crippen LogP contribution < -0.4 is 0 Å². The molecule has 0 spiro atoms. The van der Waals surface area contributed by atoms with Gasteiger partial charge >= 0.3 is 5.97 Å². The fourth-order valence-electron chi connectivity index (χ4n) is 1.88. The first-order valence-electron chi connectivity index (χ1n) is 6.55. The molecule has 2 N–H and O–H groups in total. The maximum absolute atomic E-state index is 12.5. The third-order valence-electron chi connectivity index (χ3n) is 3.20. The van der Waals surface area contributed by atoms with Gasteiger partial charge in [-0.2, -0.15) is 0 Å². The first-order valence-corrected chi connectivity index (χ1v) is 6.55. The first-order chi connectivity index (χ1) is 9.51. The molecule has 0 aliphatic rings. The lowest BCUT2D eigenvalue weighted by Crippen LogP contribution is -2.45. The van der Waals surface area contributed by atoms with Gasteiger partial charge in [-0.25, -0.2) is 0 Å². The Balaban J connectivity index is 2.98. The van der Waals surface area contributed by atoms with Crippen molar-refractivity contribution < 1.29 is 19.8 Å².